The normalized spacial score (nSPS) is 29.2. The van der Waals surface area contributed by atoms with E-state index in [-0.39, 0.29) is 6.10 Å². The van der Waals surface area contributed by atoms with Crippen molar-refractivity contribution in [3.05, 3.63) is 11.6 Å². The SMILES string of the molecule is CCN1CCCCC1c1nnc2n1CCC(O)C2. The molecule has 0 radical (unpaired) electrons. The number of aliphatic hydroxyl groups excluding tert-OH is 1. The largest absolute Gasteiger partial charge is 0.393 e. The quantitative estimate of drug-likeness (QED) is 0.855. The van der Waals surface area contributed by atoms with Gasteiger partial charge in [0.25, 0.3) is 0 Å². The molecule has 18 heavy (non-hydrogen) atoms. The van der Waals surface area contributed by atoms with Gasteiger partial charge in [0.1, 0.15) is 11.6 Å². The molecule has 2 unspecified atom stereocenters. The highest BCUT2D eigenvalue weighted by Crippen LogP contribution is 2.31. The number of hydrogen-bond donors (Lipinski definition) is 1. The number of likely N-dealkylation sites (tertiary alicyclic amines) is 1. The summed E-state index contributed by atoms with van der Waals surface area (Å²) in [7, 11) is 0. The molecule has 1 saturated heterocycles. The van der Waals surface area contributed by atoms with Crippen LogP contribution in [0.2, 0.25) is 0 Å². The van der Waals surface area contributed by atoms with Crippen LogP contribution in [0.25, 0.3) is 0 Å². The monoisotopic (exact) mass is 250 g/mol. The Hall–Kier alpha value is -0.940. The van der Waals surface area contributed by atoms with E-state index in [0.29, 0.717) is 12.5 Å². The van der Waals surface area contributed by atoms with Crippen LogP contribution in [-0.2, 0) is 13.0 Å². The van der Waals surface area contributed by atoms with E-state index >= 15 is 0 Å². The zero-order chi connectivity index (χ0) is 12.5. The predicted octanol–water partition coefficient (Wildman–Crippen LogP) is 1.13. The average molecular weight is 250 g/mol. The van der Waals surface area contributed by atoms with Crippen LogP contribution in [0.3, 0.4) is 0 Å². The zero-order valence-electron chi connectivity index (χ0n) is 11.0. The maximum Gasteiger partial charge on any atom is 0.150 e. The molecule has 2 aliphatic heterocycles. The zero-order valence-corrected chi connectivity index (χ0v) is 11.0. The average Bonchev–Trinajstić information content (AvgIpc) is 2.81. The van der Waals surface area contributed by atoms with Crippen molar-refractivity contribution in [1.29, 1.82) is 0 Å². The Labute approximate surface area is 108 Å². The van der Waals surface area contributed by atoms with E-state index in [1.54, 1.807) is 0 Å². The van der Waals surface area contributed by atoms with Crippen LogP contribution in [0.5, 0.6) is 0 Å². The molecule has 1 N–H and O–H groups in total. The second-order valence-electron chi connectivity index (χ2n) is 5.41. The summed E-state index contributed by atoms with van der Waals surface area (Å²) < 4.78 is 2.24. The maximum atomic E-state index is 9.68. The standard InChI is InChI=1S/C13H22N4O/c1-2-16-7-4-3-5-11(16)13-15-14-12-9-10(18)6-8-17(12)13/h10-11,18H,2-9H2,1H3. The molecule has 0 bridgehead atoms. The maximum absolute atomic E-state index is 9.68. The molecule has 5 heteroatoms. The molecule has 3 rings (SSSR count). The van der Waals surface area contributed by atoms with Crippen molar-refractivity contribution in [3.8, 4) is 0 Å². The first-order valence-corrected chi connectivity index (χ1v) is 7.13. The van der Waals surface area contributed by atoms with Crippen molar-refractivity contribution >= 4 is 0 Å². The van der Waals surface area contributed by atoms with Gasteiger partial charge in [0.2, 0.25) is 0 Å². The summed E-state index contributed by atoms with van der Waals surface area (Å²) in [6.45, 7) is 5.34. The summed E-state index contributed by atoms with van der Waals surface area (Å²) in [5, 5.41) is 18.4. The molecule has 1 aromatic rings. The van der Waals surface area contributed by atoms with Gasteiger partial charge in [0.05, 0.1) is 12.1 Å². The number of hydrogen-bond acceptors (Lipinski definition) is 4. The van der Waals surface area contributed by atoms with Crippen LogP contribution >= 0.6 is 0 Å². The number of aromatic nitrogens is 3. The van der Waals surface area contributed by atoms with Crippen molar-refractivity contribution in [1.82, 2.24) is 19.7 Å². The van der Waals surface area contributed by atoms with E-state index in [1.165, 1.54) is 25.8 Å². The summed E-state index contributed by atoms with van der Waals surface area (Å²) in [5.74, 6) is 2.09. The molecule has 3 heterocycles. The lowest BCUT2D eigenvalue weighted by atomic mass is 10.0. The molecule has 2 aliphatic rings. The van der Waals surface area contributed by atoms with Gasteiger partial charge in [-0.25, -0.2) is 0 Å². The van der Waals surface area contributed by atoms with E-state index in [1.807, 2.05) is 0 Å². The Kier molecular flexibility index (Phi) is 3.35. The smallest absolute Gasteiger partial charge is 0.150 e. The van der Waals surface area contributed by atoms with Gasteiger partial charge in [-0.1, -0.05) is 13.3 Å². The highest BCUT2D eigenvalue weighted by atomic mass is 16.3. The molecule has 0 aromatic carbocycles. The van der Waals surface area contributed by atoms with Crippen LogP contribution in [-0.4, -0.2) is 44.0 Å². The second kappa shape index (κ2) is 4.97. The van der Waals surface area contributed by atoms with Gasteiger partial charge in [0.15, 0.2) is 0 Å². The van der Waals surface area contributed by atoms with E-state index in [2.05, 4.69) is 26.6 Å². The lowest BCUT2D eigenvalue weighted by molar-refractivity contribution is 0.128. The lowest BCUT2D eigenvalue weighted by Gasteiger charge is -2.34. The van der Waals surface area contributed by atoms with Gasteiger partial charge in [-0.3, -0.25) is 4.90 Å². The first-order valence-electron chi connectivity index (χ1n) is 7.13. The fourth-order valence-corrected chi connectivity index (χ4v) is 3.24. The number of piperidine rings is 1. The van der Waals surface area contributed by atoms with Gasteiger partial charge in [-0.05, 0) is 32.4 Å². The van der Waals surface area contributed by atoms with Crippen LogP contribution in [0.15, 0.2) is 0 Å². The molecule has 2 atom stereocenters. The third-order valence-corrected chi connectivity index (χ3v) is 4.28. The van der Waals surface area contributed by atoms with E-state index < -0.39 is 0 Å². The minimum absolute atomic E-state index is 0.233. The Morgan fingerprint density at radius 3 is 2.94 bits per heavy atom. The van der Waals surface area contributed by atoms with Gasteiger partial charge in [-0.2, -0.15) is 0 Å². The fourth-order valence-electron chi connectivity index (χ4n) is 3.24. The topological polar surface area (TPSA) is 54.2 Å². The van der Waals surface area contributed by atoms with Crippen molar-refractivity contribution in [2.75, 3.05) is 13.1 Å². The highest BCUT2D eigenvalue weighted by molar-refractivity contribution is 5.06. The Balaban J connectivity index is 1.87. The second-order valence-corrected chi connectivity index (χ2v) is 5.41. The van der Waals surface area contributed by atoms with E-state index in [0.717, 1.165) is 31.2 Å². The molecule has 5 nitrogen and oxygen atoms in total. The molecular formula is C13H22N4O. The van der Waals surface area contributed by atoms with Gasteiger partial charge >= 0.3 is 0 Å². The summed E-state index contributed by atoms with van der Waals surface area (Å²) in [6, 6.07) is 0.431. The van der Waals surface area contributed by atoms with Crippen LogP contribution in [0.1, 0.15) is 50.3 Å². The van der Waals surface area contributed by atoms with E-state index in [9.17, 15) is 5.11 Å². The molecular weight excluding hydrogens is 228 g/mol. The lowest BCUT2D eigenvalue weighted by Crippen LogP contribution is -2.35. The minimum Gasteiger partial charge on any atom is -0.393 e. The van der Waals surface area contributed by atoms with Crippen molar-refractivity contribution in [2.24, 2.45) is 0 Å². The Bertz CT molecular complexity index is 417. The number of rotatable bonds is 2. The Morgan fingerprint density at radius 1 is 1.22 bits per heavy atom. The van der Waals surface area contributed by atoms with Crippen LogP contribution in [0, 0.1) is 0 Å². The fraction of sp³-hybridized carbons (Fsp3) is 0.846. The first-order chi connectivity index (χ1) is 8.79. The molecule has 100 valence electrons. The molecule has 1 fully saturated rings. The molecule has 1 aromatic heterocycles. The molecule has 0 saturated carbocycles. The molecule has 0 amide bonds. The minimum atomic E-state index is -0.233. The molecule has 0 aliphatic carbocycles. The summed E-state index contributed by atoms with van der Waals surface area (Å²) in [4.78, 5) is 2.51. The number of nitrogens with zero attached hydrogens (tertiary/aromatic N) is 4. The number of fused-ring (bicyclic) bond motifs is 1. The summed E-state index contributed by atoms with van der Waals surface area (Å²) in [5.41, 5.74) is 0. The van der Waals surface area contributed by atoms with Crippen LogP contribution in [0.4, 0.5) is 0 Å². The van der Waals surface area contributed by atoms with Gasteiger partial charge in [0, 0.05) is 13.0 Å². The summed E-state index contributed by atoms with van der Waals surface area (Å²) in [6.07, 6.45) is 5.02. The van der Waals surface area contributed by atoms with E-state index in [4.69, 9.17) is 0 Å². The Morgan fingerprint density at radius 2 is 2.11 bits per heavy atom. The summed E-state index contributed by atoms with van der Waals surface area (Å²) >= 11 is 0. The highest BCUT2D eigenvalue weighted by Gasteiger charge is 2.30. The van der Waals surface area contributed by atoms with Crippen molar-refractivity contribution in [2.45, 2.75) is 57.7 Å². The third kappa shape index (κ3) is 2.06. The van der Waals surface area contributed by atoms with Crippen molar-refractivity contribution in [3.63, 3.8) is 0 Å². The third-order valence-electron chi connectivity index (χ3n) is 4.28. The molecule has 0 spiro atoms. The van der Waals surface area contributed by atoms with Gasteiger partial charge < -0.3 is 9.67 Å². The van der Waals surface area contributed by atoms with Crippen molar-refractivity contribution < 1.29 is 5.11 Å². The number of aliphatic hydroxyl groups is 1. The first kappa shape index (κ1) is 12.1. The van der Waals surface area contributed by atoms with Crippen LogP contribution < -0.4 is 0 Å². The predicted molar refractivity (Wildman–Crippen MR) is 68.2 cm³/mol. The van der Waals surface area contributed by atoms with Gasteiger partial charge in [-0.15, -0.1) is 10.2 Å².